The molecule has 5 unspecified atom stereocenters. The van der Waals surface area contributed by atoms with E-state index in [1.54, 1.807) is 4.90 Å². The highest BCUT2D eigenvalue weighted by molar-refractivity contribution is 4.98. The molecule has 4 rings (SSSR count). The van der Waals surface area contributed by atoms with Gasteiger partial charge in [0.25, 0.3) is 0 Å². The van der Waals surface area contributed by atoms with Gasteiger partial charge in [0.15, 0.2) is 0 Å². The molecule has 8 heteroatoms. The van der Waals surface area contributed by atoms with Gasteiger partial charge in [-0.25, -0.2) is 0 Å². The fraction of sp³-hybridized carbons (Fsp3) is 1.00. The molecule has 8 nitrogen and oxygen atoms in total. The van der Waals surface area contributed by atoms with Crippen molar-refractivity contribution in [2.24, 2.45) is 0 Å². The quantitative estimate of drug-likeness (QED) is 0.302. The van der Waals surface area contributed by atoms with E-state index < -0.39 is 12.2 Å². The second-order valence-electron chi connectivity index (χ2n) is 9.80. The number of hydrogen-bond acceptors (Lipinski definition) is 5. The van der Waals surface area contributed by atoms with Crippen molar-refractivity contribution in [3.8, 4) is 0 Å². The van der Waals surface area contributed by atoms with Crippen LogP contribution < -0.4 is 15.5 Å². The molecule has 4 aliphatic rings. The van der Waals surface area contributed by atoms with Crippen molar-refractivity contribution >= 4 is 0 Å². The van der Waals surface area contributed by atoms with Crippen LogP contribution in [0.4, 0.5) is 0 Å². The second-order valence-corrected chi connectivity index (χ2v) is 9.80. The van der Waals surface area contributed by atoms with Crippen LogP contribution in [0.5, 0.6) is 0 Å². The molecule has 5 atom stereocenters. The molecular weight excluding hydrogens is 370 g/mol. The number of hydrogen-bond donors (Lipinski definition) is 5. The maximum atomic E-state index is 10.9. The molecule has 0 aromatic heterocycles. The number of likely N-dealkylation sites (tertiary alicyclic amines) is 1. The van der Waals surface area contributed by atoms with Gasteiger partial charge in [0, 0.05) is 45.4 Å². The summed E-state index contributed by atoms with van der Waals surface area (Å²) in [5.74, 6) is 0. The predicted octanol–water partition coefficient (Wildman–Crippen LogP) is -4.59. The van der Waals surface area contributed by atoms with Crippen LogP contribution >= 0.6 is 0 Å². The summed E-state index contributed by atoms with van der Waals surface area (Å²) in [5, 5.41) is 25.6. The van der Waals surface area contributed by atoms with Gasteiger partial charge in [0.2, 0.25) is 0 Å². The van der Waals surface area contributed by atoms with Crippen LogP contribution in [0.1, 0.15) is 32.1 Å². The van der Waals surface area contributed by atoms with Crippen LogP contribution in [-0.2, 0) is 4.74 Å². The van der Waals surface area contributed by atoms with Crippen LogP contribution in [0.2, 0.25) is 0 Å². The van der Waals surface area contributed by atoms with E-state index in [-0.39, 0.29) is 18.8 Å². The molecule has 4 saturated heterocycles. The molecule has 168 valence electrons. The second kappa shape index (κ2) is 10.3. The summed E-state index contributed by atoms with van der Waals surface area (Å²) in [6.07, 6.45) is 6.14. The van der Waals surface area contributed by atoms with E-state index >= 15 is 0 Å². The highest BCUT2D eigenvalue weighted by atomic mass is 16.5. The van der Waals surface area contributed by atoms with E-state index in [0.29, 0.717) is 12.2 Å². The van der Waals surface area contributed by atoms with Crippen molar-refractivity contribution in [1.82, 2.24) is 9.80 Å². The van der Waals surface area contributed by atoms with Gasteiger partial charge in [-0.15, -0.1) is 0 Å². The largest absolute Gasteiger partial charge is 0.394 e. The van der Waals surface area contributed by atoms with Crippen LogP contribution in [-0.4, -0.2) is 123 Å². The Morgan fingerprint density at radius 3 is 2.41 bits per heavy atom. The molecule has 0 aromatic rings. The standard InChI is InChI=1S/C21H41N5O3/c1-24-8-5-16(6-9-24)23-14-17-20(21(28)18(15-27)29-17)26-12-10-25(11-13-26)19-4-2-3-7-22-19/h16-23,27-28H,2-15H2,1H3/p+3. The third-order valence-corrected chi connectivity index (χ3v) is 7.86. The molecule has 29 heavy (non-hydrogen) atoms. The normalized spacial score (nSPS) is 42.9. The lowest BCUT2D eigenvalue weighted by Crippen LogP contribution is -3.12. The number of nitrogens with zero attached hydrogens (tertiary/aromatic N) is 2. The van der Waals surface area contributed by atoms with Crippen molar-refractivity contribution in [2.75, 3.05) is 66.0 Å². The van der Waals surface area contributed by atoms with Gasteiger partial charge >= 0.3 is 0 Å². The first-order chi connectivity index (χ1) is 14.2. The molecular formula is C21H44N5O3+3. The molecule has 4 heterocycles. The minimum Gasteiger partial charge on any atom is -0.394 e. The Bertz CT molecular complexity index is 491. The summed E-state index contributed by atoms with van der Waals surface area (Å²) in [6.45, 7) is 8.67. The zero-order valence-electron chi connectivity index (χ0n) is 18.2. The van der Waals surface area contributed by atoms with Crippen molar-refractivity contribution < 1.29 is 30.5 Å². The Balaban J connectivity index is 1.31. The first-order valence-electron chi connectivity index (χ1n) is 12.1. The summed E-state index contributed by atoms with van der Waals surface area (Å²) in [7, 11) is 2.28. The van der Waals surface area contributed by atoms with E-state index in [9.17, 15) is 10.2 Å². The monoisotopic (exact) mass is 414 g/mol. The van der Waals surface area contributed by atoms with E-state index in [0.717, 1.165) is 32.7 Å². The molecule has 4 fully saturated rings. The zero-order chi connectivity index (χ0) is 20.2. The molecule has 0 aromatic carbocycles. The van der Waals surface area contributed by atoms with E-state index in [1.165, 1.54) is 51.7 Å². The predicted molar refractivity (Wildman–Crippen MR) is 110 cm³/mol. The Morgan fingerprint density at radius 2 is 1.76 bits per heavy atom. The zero-order valence-corrected chi connectivity index (χ0v) is 18.2. The SMILES string of the molecule is C[NH+]1CCC([NH2+]CC2OC(CO)C(O)C2N2CCN(C3CCCC[NH2+]3)CC2)CC1. The molecule has 4 aliphatic heterocycles. The maximum Gasteiger partial charge on any atom is 0.142 e. The number of aliphatic hydroxyl groups is 2. The summed E-state index contributed by atoms with van der Waals surface area (Å²) in [4.78, 5) is 6.70. The topological polar surface area (TPSA) is 93.8 Å². The third-order valence-electron chi connectivity index (χ3n) is 7.86. The summed E-state index contributed by atoms with van der Waals surface area (Å²) >= 11 is 0. The minimum absolute atomic E-state index is 0.00180. The van der Waals surface area contributed by atoms with Crippen LogP contribution in [0.25, 0.3) is 0 Å². The highest BCUT2D eigenvalue weighted by Gasteiger charge is 2.48. The fourth-order valence-corrected chi connectivity index (χ4v) is 5.94. The van der Waals surface area contributed by atoms with Gasteiger partial charge in [-0.3, -0.25) is 9.80 Å². The smallest absolute Gasteiger partial charge is 0.142 e. The maximum absolute atomic E-state index is 10.9. The average molecular weight is 415 g/mol. The summed E-state index contributed by atoms with van der Waals surface area (Å²) in [5.41, 5.74) is 0. The van der Waals surface area contributed by atoms with Gasteiger partial charge in [-0.2, -0.15) is 0 Å². The van der Waals surface area contributed by atoms with Crippen LogP contribution in [0, 0.1) is 0 Å². The lowest BCUT2D eigenvalue weighted by atomic mass is 10.00. The van der Waals surface area contributed by atoms with Crippen molar-refractivity contribution in [3.05, 3.63) is 0 Å². The number of aliphatic hydroxyl groups excluding tert-OH is 2. The van der Waals surface area contributed by atoms with Crippen molar-refractivity contribution in [3.63, 3.8) is 0 Å². The lowest BCUT2D eigenvalue weighted by molar-refractivity contribution is -0.894. The fourth-order valence-electron chi connectivity index (χ4n) is 5.94. The van der Waals surface area contributed by atoms with Gasteiger partial charge in [-0.05, 0) is 12.8 Å². The highest BCUT2D eigenvalue weighted by Crippen LogP contribution is 2.26. The molecule has 0 saturated carbocycles. The van der Waals surface area contributed by atoms with Crippen molar-refractivity contribution in [1.29, 1.82) is 0 Å². The van der Waals surface area contributed by atoms with Gasteiger partial charge in [0.1, 0.15) is 31.0 Å². The van der Waals surface area contributed by atoms with Crippen LogP contribution in [0.3, 0.4) is 0 Å². The lowest BCUT2D eigenvalue weighted by Gasteiger charge is -2.42. The molecule has 0 amide bonds. The number of quaternary nitrogens is 3. The molecule has 0 spiro atoms. The van der Waals surface area contributed by atoms with E-state index in [4.69, 9.17) is 4.74 Å². The first kappa shape index (κ1) is 21.9. The van der Waals surface area contributed by atoms with Crippen molar-refractivity contribution in [2.45, 2.75) is 68.7 Å². The summed E-state index contributed by atoms with van der Waals surface area (Å²) in [6, 6.07) is 0.685. The first-order valence-corrected chi connectivity index (χ1v) is 12.1. The number of nitrogens with one attached hydrogen (secondary N) is 1. The molecule has 0 aliphatic carbocycles. The third kappa shape index (κ3) is 5.30. The van der Waals surface area contributed by atoms with Gasteiger partial charge in [0.05, 0.1) is 45.4 Å². The Hall–Kier alpha value is -0.320. The number of rotatable bonds is 6. The molecule has 7 N–H and O–H groups in total. The van der Waals surface area contributed by atoms with Gasteiger partial charge < -0.3 is 30.5 Å². The van der Waals surface area contributed by atoms with E-state index in [1.807, 2.05) is 0 Å². The number of piperazine rings is 1. The number of nitrogens with two attached hydrogens (primary N) is 2. The molecule has 0 bridgehead atoms. The minimum atomic E-state index is -0.590. The van der Waals surface area contributed by atoms with E-state index in [2.05, 4.69) is 27.5 Å². The Labute approximate surface area is 175 Å². The average Bonchev–Trinajstić information content (AvgIpc) is 3.09. The van der Waals surface area contributed by atoms with Gasteiger partial charge in [-0.1, -0.05) is 0 Å². The number of ether oxygens (including phenoxy) is 1. The molecule has 0 radical (unpaired) electrons. The number of piperidine rings is 2. The Morgan fingerprint density at radius 1 is 1.03 bits per heavy atom. The Kier molecular flexibility index (Phi) is 7.80. The summed E-state index contributed by atoms with van der Waals surface area (Å²) < 4.78 is 6.15. The van der Waals surface area contributed by atoms with Crippen LogP contribution in [0.15, 0.2) is 0 Å².